The third-order valence-corrected chi connectivity index (χ3v) is 15.7. The fraction of sp³-hybridized carbons (Fsp3) is 0.323. The first-order chi connectivity index (χ1) is 30.4. The zero-order chi connectivity index (χ0) is 45.6. The lowest BCUT2D eigenvalue weighted by molar-refractivity contribution is 0.590. The number of hydrogen-bond donors (Lipinski definition) is 0. The Morgan fingerprint density at radius 1 is 0.231 bits per heavy atom. The van der Waals surface area contributed by atoms with Crippen LogP contribution in [0.5, 0.6) is 0 Å². The van der Waals surface area contributed by atoms with E-state index >= 15 is 0 Å². The predicted molar refractivity (Wildman–Crippen MR) is 284 cm³/mol. The van der Waals surface area contributed by atoms with Gasteiger partial charge in [-0.05, 0) is 134 Å². The van der Waals surface area contributed by atoms with E-state index in [9.17, 15) is 0 Å². The van der Waals surface area contributed by atoms with Crippen molar-refractivity contribution in [1.82, 2.24) is 13.2 Å². The van der Waals surface area contributed by atoms with Crippen LogP contribution in [0.25, 0.3) is 114 Å². The third-order valence-electron chi connectivity index (χ3n) is 15.7. The molecule has 13 aromatic rings. The van der Waals surface area contributed by atoms with E-state index in [0.29, 0.717) is 0 Å². The van der Waals surface area contributed by atoms with E-state index in [1.807, 2.05) is 0 Å². The third kappa shape index (κ3) is 4.97. The molecular weight excluding hydrogens is 787 g/mol. The molecule has 0 atom stereocenters. The number of fused-ring (bicyclic) bond motifs is 19. The van der Waals surface area contributed by atoms with Gasteiger partial charge in [0.05, 0.1) is 49.7 Å². The molecule has 0 aliphatic heterocycles. The van der Waals surface area contributed by atoms with E-state index in [2.05, 4.69) is 214 Å². The van der Waals surface area contributed by atoms with Gasteiger partial charge < -0.3 is 13.2 Å². The second-order valence-corrected chi connectivity index (χ2v) is 25.2. The van der Waals surface area contributed by atoms with Crippen LogP contribution in [0, 0.1) is 0 Å². The summed E-state index contributed by atoms with van der Waals surface area (Å²) < 4.78 is 7.87. The lowest BCUT2D eigenvalue weighted by Crippen LogP contribution is -2.11. The van der Waals surface area contributed by atoms with Crippen LogP contribution in [-0.2, 0) is 27.1 Å². The second-order valence-electron chi connectivity index (χ2n) is 25.2. The molecule has 0 unspecified atom stereocenters. The summed E-state index contributed by atoms with van der Waals surface area (Å²) in [6, 6.07) is 39.6. The number of benzene rings is 7. The molecule has 0 bridgehead atoms. The summed E-state index contributed by atoms with van der Waals surface area (Å²) in [5, 5.41) is 16.2. The molecule has 7 aromatic carbocycles. The molecule has 324 valence electrons. The molecule has 0 N–H and O–H groups in total. The summed E-state index contributed by atoms with van der Waals surface area (Å²) in [6.07, 6.45) is 0. The van der Waals surface area contributed by atoms with Gasteiger partial charge in [-0.25, -0.2) is 0 Å². The molecule has 0 aliphatic carbocycles. The van der Waals surface area contributed by atoms with E-state index in [1.54, 1.807) is 0 Å². The van der Waals surface area contributed by atoms with E-state index in [4.69, 9.17) is 0 Å². The highest BCUT2D eigenvalue weighted by molar-refractivity contribution is 6.39. The van der Waals surface area contributed by atoms with Crippen LogP contribution in [0.15, 0.2) is 97.1 Å². The van der Waals surface area contributed by atoms with Crippen LogP contribution < -0.4 is 0 Å². The Hall–Kier alpha value is -6.06. The minimum absolute atomic E-state index is 0.00387. The van der Waals surface area contributed by atoms with Crippen LogP contribution in [0.1, 0.15) is 132 Å². The lowest BCUT2D eigenvalue weighted by Gasteiger charge is -2.20. The van der Waals surface area contributed by atoms with Gasteiger partial charge >= 0.3 is 0 Å². The maximum absolute atomic E-state index is 2.64. The van der Waals surface area contributed by atoms with Crippen molar-refractivity contribution in [1.29, 1.82) is 0 Å². The lowest BCUT2D eigenvalue weighted by atomic mass is 9.84. The first-order valence-electron chi connectivity index (χ1n) is 24.0. The highest BCUT2D eigenvalue weighted by Gasteiger charge is 2.31. The van der Waals surface area contributed by atoms with Gasteiger partial charge in [-0.2, -0.15) is 0 Å². The topological polar surface area (TPSA) is 13.2 Å². The SMILES string of the molecule is CC(C)(C)c1ccc2c(c1)c1cc(C(C)(C)C)cc3c4cc5c(cc4n2c13)c1cc2c(c3cc(C(C)(C)C)cc4c6cc(C(C)(C)C)ccc6n2c43)c2c3cc(C(C)(C)C)ccc3n5c12. The summed E-state index contributed by atoms with van der Waals surface area (Å²) in [4.78, 5) is 0. The van der Waals surface area contributed by atoms with E-state index < -0.39 is 0 Å². The quantitative estimate of drug-likeness (QED) is 0.144. The maximum atomic E-state index is 2.64. The summed E-state index contributed by atoms with van der Waals surface area (Å²) >= 11 is 0. The zero-order valence-corrected chi connectivity index (χ0v) is 41.1. The summed E-state index contributed by atoms with van der Waals surface area (Å²) in [5.74, 6) is 0. The number of nitrogens with zero attached hydrogens (tertiary/aromatic N) is 3. The van der Waals surface area contributed by atoms with Crippen molar-refractivity contribution in [2.75, 3.05) is 0 Å². The normalized spacial score (nSPS) is 14.4. The molecule has 65 heavy (non-hydrogen) atoms. The summed E-state index contributed by atoms with van der Waals surface area (Å²) in [7, 11) is 0. The molecule has 3 nitrogen and oxygen atoms in total. The average molecular weight is 848 g/mol. The zero-order valence-electron chi connectivity index (χ0n) is 41.1. The molecule has 3 heteroatoms. The van der Waals surface area contributed by atoms with Gasteiger partial charge in [-0.15, -0.1) is 0 Å². The van der Waals surface area contributed by atoms with E-state index in [-0.39, 0.29) is 27.1 Å². The molecule has 0 saturated heterocycles. The maximum Gasteiger partial charge on any atom is 0.0628 e. The number of aromatic nitrogens is 3. The molecule has 0 aliphatic rings. The van der Waals surface area contributed by atoms with Gasteiger partial charge in [0.15, 0.2) is 0 Å². The molecule has 0 amide bonds. The molecule has 6 heterocycles. The number of hydrogen-bond acceptors (Lipinski definition) is 0. The molecular formula is C62H61N3. The van der Waals surface area contributed by atoms with Gasteiger partial charge in [0.2, 0.25) is 0 Å². The molecule has 0 saturated carbocycles. The van der Waals surface area contributed by atoms with E-state index in [0.717, 1.165) is 0 Å². The fourth-order valence-corrected chi connectivity index (χ4v) is 11.9. The van der Waals surface area contributed by atoms with Gasteiger partial charge in [-0.3, -0.25) is 0 Å². The van der Waals surface area contributed by atoms with Crippen LogP contribution in [0.2, 0.25) is 0 Å². The van der Waals surface area contributed by atoms with Crippen molar-refractivity contribution in [2.45, 2.75) is 131 Å². The van der Waals surface area contributed by atoms with Crippen molar-refractivity contribution >= 4 is 114 Å². The molecule has 0 spiro atoms. The smallest absolute Gasteiger partial charge is 0.0628 e. The Balaban J connectivity index is 1.27. The highest BCUT2D eigenvalue weighted by atomic mass is 15.0. The second kappa shape index (κ2) is 11.7. The van der Waals surface area contributed by atoms with Crippen LogP contribution in [0.3, 0.4) is 0 Å². The van der Waals surface area contributed by atoms with Crippen molar-refractivity contribution in [3.63, 3.8) is 0 Å². The van der Waals surface area contributed by atoms with Gasteiger partial charge in [0.1, 0.15) is 0 Å². The first-order valence-corrected chi connectivity index (χ1v) is 24.0. The standard InChI is InChI=1S/C62H61N3/c1-58(2,3)32-16-19-47-37(22-32)41-25-35(61(10,11)12)26-43-39-29-51-40(30-50(39)63(47)55(41)43)44-31-52-53(54-45-24-34(60(7,8)9)18-21-49(45)64(51)57(44)54)46-28-36(62(13,14)15)27-42-38-23-33(59(4,5)6)17-20-48(38)65(52)56(42)46/h16-31H,1-15H3. The molecule has 0 radical (unpaired) electrons. The Labute approximate surface area is 381 Å². The minimum Gasteiger partial charge on any atom is -0.308 e. The van der Waals surface area contributed by atoms with Crippen molar-refractivity contribution in [3.05, 3.63) is 125 Å². The van der Waals surface area contributed by atoms with Crippen molar-refractivity contribution in [2.24, 2.45) is 0 Å². The molecule has 13 rings (SSSR count). The van der Waals surface area contributed by atoms with Crippen molar-refractivity contribution in [3.8, 4) is 0 Å². The van der Waals surface area contributed by atoms with Gasteiger partial charge in [0.25, 0.3) is 0 Å². The Morgan fingerprint density at radius 3 is 0.954 bits per heavy atom. The highest BCUT2D eigenvalue weighted by Crippen LogP contribution is 2.52. The fourth-order valence-electron chi connectivity index (χ4n) is 11.9. The van der Waals surface area contributed by atoms with E-state index in [1.165, 1.54) is 142 Å². The van der Waals surface area contributed by atoms with Gasteiger partial charge in [-0.1, -0.05) is 122 Å². The monoisotopic (exact) mass is 847 g/mol. The average Bonchev–Trinajstić information content (AvgIpc) is 4.04. The number of rotatable bonds is 0. The molecule has 0 fully saturated rings. The predicted octanol–water partition coefficient (Wildman–Crippen LogP) is 17.6. The molecule has 6 aromatic heterocycles. The van der Waals surface area contributed by atoms with Crippen LogP contribution in [0.4, 0.5) is 0 Å². The van der Waals surface area contributed by atoms with Crippen molar-refractivity contribution < 1.29 is 0 Å². The Bertz CT molecular complexity index is 4220. The largest absolute Gasteiger partial charge is 0.308 e. The minimum atomic E-state index is -0.0216. The van der Waals surface area contributed by atoms with Crippen LogP contribution >= 0.6 is 0 Å². The van der Waals surface area contributed by atoms with Gasteiger partial charge in [0, 0.05) is 64.6 Å². The Kier molecular flexibility index (Phi) is 7.05. The summed E-state index contributed by atoms with van der Waals surface area (Å²) in [6.45, 7) is 35.2. The Morgan fingerprint density at radius 2 is 0.523 bits per heavy atom. The first kappa shape index (κ1) is 39.3. The summed E-state index contributed by atoms with van der Waals surface area (Å²) in [5.41, 5.74) is 18.7. The van der Waals surface area contributed by atoms with Crippen LogP contribution in [-0.4, -0.2) is 13.2 Å².